The first-order chi connectivity index (χ1) is 14.3. The van der Waals surface area contributed by atoms with Crippen molar-refractivity contribution in [1.29, 1.82) is 0 Å². The third kappa shape index (κ3) is 4.83. The molecule has 3 aromatic carbocycles. The van der Waals surface area contributed by atoms with Crippen LogP contribution in [0.15, 0.2) is 77.7 Å². The monoisotopic (exact) mass is 447 g/mol. The van der Waals surface area contributed by atoms with E-state index in [1.54, 1.807) is 25.1 Å². The van der Waals surface area contributed by atoms with E-state index in [9.17, 15) is 12.8 Å². The highest BCUT2D eigenvalue weighted by molar-refractivity contribution is 7.89. The van der Waals surface area contributed by atoms with Crippen LogP contribution >= 0.6 is 11.6 Å². The summed E-state index contributed by atoms with van der Waals surface area (Å²) in [6.45, 7) is 3.91. The Balaban J connectivity index is 2.05. The fourth-order valence-electron chi connectivity index (χ4n) is 3.18. The van der Waals surface area contributed by atoms with Crippen LogP contribution in [-0.4, -0.2) is 19.3 Å². The molecule has 4 nitrogen and oxygen atoms in total. The van der Waals surface area contributed by atoms with Crippen molar-refractivity contribution in [2.75, 3.05) is 6.61 Å². The molecule has 3 rings (SSSR count). The van der Waals surface area contributed by atoms with Crippen LogP contribution in [-0.2, 0) is 16.6 Å². The zero-order valence-corrected chi connectivity index (χ0v) is 18.3. The predicted octanol–water partition coefficient (Wildman–Crippen LogP) is 5.83. The van der Waals surface area contributed by atoms with E-state index in [2.05, 4.69) is 0 Å². The molecule has 0 heterocycles. The summed E-state index contributed by atoms with van der Waals surface area (Å²) in [5, 5.41) is 0.183. The predicted molar refractivity (Wildman–Crippen MR) is 117 cm³/mol. The number of rotatable bonds is 8. The molecule has 0 fully saturated rings. The normalized spacial score (nSPS) is 12.7. The lowest BCUT2D eigenvalue weighted by Gasteiger charge is -2.29. The van der Waals surface area contributed by atoms with Gasteiger partial charge in [-0.15, -0.1) is 0 Å². The number of halogens is 2. The number of benzene rings is 3. The zero-order chi connectivity index (χ0) is 21.7. The summed E-state index contributed by atoms with van der Waals surface area (Å²) in [4.78, 5) is 0.0983. The number of ether oxygens (including phenoxy) is 1. The summed E-state index contributed by atoms with van der Waals surface area (Å²) in [6.07, 6.45) is 0. The Hall–Kier alpha value is -2.41. The standard InChI is InChI=1S/C23H23ClFNO3S/c1-3-29-19-12-14-20(15-13-19)30(27,28)26(17(2)18-8-5-4-6-9-18)16-21-22(24)10-7-11-23(21)25/h4-15,17H,3,16H2,1-2H3. The molecule has 0 aromatic heterocycles. The Morgan fingerprint density at radius 1 is 1.00 bits per heavy atom. The third-order valence-corrected chi connectivity index (χ3v) is 7.12. The quantitative estimate of drug-likeness (QED) is 0.436. The van der Waals surface area contributed by atoms with E-state index in [0.29, 0.717) is 12.4 Å². The molecule has 0 aliphatic rings. The Labute approximate surface area is 181 Å². The average Bonchev–Trinajstić information content (AvgIpc) is 2.74. The Kier molecular flexibility index (Phi) is 7.13. The van der Waals surface area contributed by atoms with E-state index >= 15 is 0 Å². The largest absolute Gasteiger partial charge is 0.494 e. The molecule has 158 valence electrons. The maximum Gasteiger partial charge on any atom is 0.243 e. The topological polar surface area (TPSA) is 46.6 Å². The van der Waals surface area contributed by atoms with Gasteiger partial charge < -0.3 is 4.74 Å². The van der Waals surface area contributed by atoms with Crippen LogP contribution < -0.4 is 4.74 Å². The van der Waals surface area contributed by atoms with E-state index in [1.165, 1.54) is 28.6 Å². The lowest BCUT2D eigenvalue weighted by Crippen LogP contribution is -2.33. The molecule has 0 saturated carbocycles. The highest BCUT2D eigenvalue weighted by atomic mass is 35.5. The van der Waals surface area contributed by atoms with Gasteiger partial charge in [-0.25, -0.2) is 12.8 Å². The Bertz CT molecular complexity index is 1070. The molecule has 0 amide bonds. The highest BCUT2D eigenvalue weighted by Gasteiger charge is 2.31. The molecular formula is C23H23ClFNO3S. The lowest BCUT2D eigenvalue weighted by atomic mass is 10.1. The molecule has 0 spiro atoms. The molecule has 1 unspecified atom stereocenters. The van der Waals surface area contributed by atoms with Gasteiger partial charge >= 0.3 is 0 Å². The van der Waals surface area contributed by atoms with E-state index < -0.39 is 21.9 Å². The van der Waals surface area contributed by atoms with Gasteiger partial charge in [0.1, 0.15) is 11.6 Å². The minimum Gasteiger partial charge on any atom is -0.494 e. The van der Waals surface area contributed by atoms with Crippen LogP contribution in [0.2, 0.25) is 5.02 Å². The SMILES string of the molecule is CCOc1ccc(S(=O)(=O)N(Cc2c(F)cccc2Cl)C(C)c2ccccc2)cc1. The molecule has 0 aliphatic heterocycles. The summed E-state index contributed by atoms with van der Waals surface area (Å²) in [5.41, 5.74) is 0.927. The first kappa shape index (κ1) is 22.3. The van der Waals surface area contributed by atoms with Crippen molar-refractivity contribution in [3.63, 3.8) is 0 Å². The van der Waals surface area contributed by atoms with E-state index in [-0.39, 0.29) is 22.0 Å². The van der Waals surface area contributed by atoms with Gasteiger partial charge in [0.25, 0.3) is 0 Å². The fraction of sp³-hybridized carbons (Fsp3) is 0.217. The molecule has 0 saturated heterocycles. The first-order valence-electron chi connectivity index (χ1n) is 9.57. The van der Waals surface area contributed by atoms with Crippen molar-refractivity contribution in [1.82, 2.24) is 4.31 Å². The Morgan fingerprint density at radius 3 is 2.27 bits per heavy atom. The number of hydrogen-bond donors (Lipinski definition) is 0. The highest BCUT2D eigenvalue weighted by Crippen LogP contribution is 2.32. The smallest absolute Gasteiger partial charge is 0.243 e. The van der Waals surface area contributed by atoms with Crippen molar-refractivity contribution < 1.29 is 17.5 Å². The summed E-state index contributed by atoms with van der Waals surface area (Å²) < 4.78 is 48.3. The van der Waals surface area contributed by atoms with Gasteiger partial charge in [0.2, 0.25) is 10.0 Å². The second kappa shape index (κ2) is 9.60. The molecule has 7 heteroatoms. The van der Waals surface area contributed by atoms with Crippen LogP contribution in [0.25, 0.3) is 0 Å². The van der Waals surface area contributed by atoms with Crippen LogP contribution in [0.3, 0.4) is 0 Å². The second-order valence-corrected chi connectivity index (χ2v) is 9.04. The van der Waals surface area contributed by atoms with Gasteiger partial charge in [0.05, 0.1) is 11.5 Å². The van der Waals surface area contributed by atoms with Gasteiger partial charge in [0, 0.05) is 23.2 Å². The lowest BCUT2D eigenvalue weighted by molar-refractivity contribution is 0.331. The van der Waals surface area contributed by atoms with E-state index in [4.69, 9.17) is 16.3 Å². The molecule has 30 heavy (non-hydrogen) atoms. The second-order valence-electron chi connectivity index (χ2n) is 6.74. The van der Waals surface area contributed by atoms with Gasteiger partial charge in [-0.1, -0.05) is 48.0 Å². The van der Waals surface area contributed by atoms with Crippen LogP contribution in [0.1, 0.15) is 31.0 Å². The van der Waals surface area contributed by atoms with Crippen LogP contribution in [0.4, 0.5) is 4.39 Å². The molecule has 3 aromatic rings. The third-order valence-electron chi connectivity index (χ3n) is 4.83. The number of sulfonamides is 1. The van der Waals surface area contributed by atoms with Crippen molar-refractivity contribution in [2.24, 2.45) is 0 Å². The van der Waals surface area contributed by atoms with Crippen molar-refractivity contribution in [3.05, 3.63) is 94.8 Å². The average molecular weight is 448 g/mol. The maximum absolute atomic E-state index is 14.5. The van der Waals surface area contributed by atoms with Gasteiger partial charge in [-0.2, -0.15) is 4.31 Å². The summed E-state index contributed by atoms with van der Waals surface area (Å²) in [5.74, 6) is 0.0333. The molecule has 0 N–H and O–H groups in total. The van der Waals surface area contributed by atoms with E-state index in [0.717, 1.165) is 5.56 Å². The summed E-state index contributed by atoms with van der Waals surface area (Å²) >= 11 is 6.20. The Morgan fingerprint density at radius 2 is 1.67 bits per heavy atom. The van der Waals surface area contributed by atoms with Crippen molar-refractivity contribution >= 4 is 21.6 Å². The number of nitrogens with zero attached hydrogens (tertiary/aromatic N) is 1. The van der Waals surface area contributed by atoms with Gasteiger partial charge in [-0.3, -0.25) is 0 Å². The summed E-state index contributed by atoms with van der Waals surface area (Å²) in [7, 11) is -3.96. The van der Waals surface area contributed by atoms with Gasteiger partial charge in [0.15, 0.2) is 0 Å². The van der Waals surface area contributed by atoms with Crippen molar-refractivity contribution in [2.45, 2.75) is 31.3 Å². The van der Waals surface area contributed by atoms with Crippen LogP contribution in [0, 0.1) is 5.82 Å². The minimum atomic E-state index is -3.96. The molecular weight excluding hydrogens is 425 g/mol. The van der Waals surface area contributed by atoms with Crippen molar-refractivity contribution in [3.8, 4) is 5.75 Å². The van der Waals surface area contributed by atoms with Gasteiger partial charge in [-0.05, 0) is 55.8 Å². The minimum absolute atomic E-state index is 0.0983. The summed E-state index contributed by atoms with van der Waals surface area (Å²) in [6, 6.07) is 19.2. The van der Waals surface area contributed by atoms with E-state index in [1.807, 2.05) is 37.3 Å². The number of hydrogen-bond acceptors (Lipinski definition) is 3. The maximum atomic E-state index is 14.5. The fourth-order valence-corrected chi connectivity index (χ4v) is 4.99. The zero-order valence-electron chi connectivity index (χ0n) is 16.8. The molecule has 0 radical (unpaired) electrons. The molecule has 0 bridgehead atoms. The first-order valence-corrected chi connectivity index (χ1v) is 11.4. The van der Waals surface area contributed by atoms with Crippen LogP contribution in [0.5, 0.6) is 5.75 Å². The molecule has 0 aliphatic carbocycles. The molecule has 1 atom stereocenters.